The molecule has 56 valence electrons. The van der Waals surface area contributed by atoms with Gasteiger partial charge in [-0.25, -0.2) is 9.97 Å². The number of rotatable bonds is 1. The first-order valence-corrected chi connectivity index (χ1v) is 3.20. The molecule has 0 amide bonds. The number of fused-ring (bicyclic) bond motifs is 1. The highest BCUT2D eigenvalue weighted by atomic mass is 16.3. The normalized spacial score (nSPS) is 10.6. The zero-order chi connectivity index (χ0) is 7.68. The third kappa shape index (κ3) is 0.877. The third-order valence-electron chi connectivity index (χ3n) is 1.47. The molecular weight excluding hydrogens is 144 g/mol. The molecule has 0 aliphatic rings. The fourth-order valence-corrected chi connectivity index (χ4v) is 0.952. The van der Waals surface area contributed by atoms with Crippen LogP contribution in [0.5, 0.6) is 0 Å². The molecular formula is C7H6N2O2. The van der Waals surface area contributed by atoms with Crippen molar-refractivity contribution in [3.05, 3.63) is 24.4 Å². The minimum Gasteiger partial charge on any atom is -0.461 e. The minimum absolute atomic E-state index is 0.119. The molecule has 0 fully saturated rings. The molecule has 0 spiro atoms. The molecule has 1 N–H and O–H groups in total. The lowest BCUT2D eigenvalue weighted by Crippen LogP contribution is -1.89. The first-order chi connectivity index (χ1) is 5.42. The number of hydrogen-bond donors (Lipinski definition) is 1. The lowest BCUT2D eigenvalue weighted by molar-refractivity contribution is 0.276. The molecule has 0 aliphatic carbocycles. The highest BCUT2D eigenvalue weighted by molar-refractivity contribution is 5.73. The standard InChI is InChI=1S/C7H6N2O2/c10-3-6-7-5(1-2-11-7)8-4-9-6/h1-2,4,10H,3H2. The average Bonchev–Trinajstić information content (AvgIpc) is 2.50. The number of aliphatic hydroxyl groups is 1. The first kappa shape index (κ1) is 6.30. The van der Waals surface area contributed by atoms with E-state index in [1.807, 2.05) is 0 Å². The van der Waals surface area contributed by atoms with Crippen molar-refractivity contribution in [2.24, 2.45) is 0 Å². The number of aliphatic hydroxyl groups excluding tert-OH is 1. The van der Waals surface area contributed by atoms with E-state index >= 15 is 0 Å². The van der Waals surface area contributed by atoms with Gasteiger partial charge in [0, 0.05) is 6.07 Å². The fraction of sp³-hybridized carbons (Fsp3) is 0.143. The summed E-state index contributed by atoms with van der Waals surface area (Å²) in [7, 11) is 0. The van der Waals surface area contributed by atoms with Crippen LogP contribution in [0.3, 0.4) is 0 Å². The molecule has 2 heterocycles. The lowest BCUT2D eigenvalue weighted by atomic mass is 10.3. The number of hydrogen-bond acceptors (Lipinski definition) is 4. The van der Waals surface area contributed by atoms with E-state index in [-0.39, 0.29) is 6.61 Å². The van der Waals surface area contributed by atoms with Crippen LogP contribution in [-0.2, 0) is 6.61 Å². The Kier molecular flexibility index (Phi) is 1.33. The first-order valence-electron chi connectivity index (χ1n) is 3.20. The summed E-state index contributed by atoms with van der Waals surface area (Å²) < 4.78 is 5.05. The Morgan fingerprint density at radius 2 is 2.36 bits per heavy atom. The van der Waals surface area contributed by atoms with Gasteiger partial charge in [0.05, 0.1) is 12.9 Å². The van der Waals surface area contributed by atoms with Gasteiger partial charge in [0.2, 0.25) is 0 Å². The molecule has 0 aliphatic heterocycles. The van der Waals surface area contributed by atoms with Crippen molar-refractivity contribution in [1.82, 2.24) is 9.97 Å². The van der Waals surface area contributed by atoms with Crippen molar-refractivity contribution in [2.45, 2.75) is 6.61 Å². The highest BCUT2D eigenvalue weighted by Gasteiger charge is 2.03. The van der Waals surface area contributed by atoms with E-state index in [0.717, 1.165) is 5.52 Å². The molecule has 4 heteroatoms. The maximum absolute atomic E-state index is 8.80. The zero-order valence-corrected chi connectivity index (χ0v) is 5.69. The molecule has 11 heavy (non-hydrogen) atoms. The number of aromatic nitrogens is 2. The SMILES string of the molecule is OCc1ncnc2ccoc12. The van der Waals surface area contributed by atoms with Crippen LogP contribution >= 0.6 is 0 Å². The smallest absolute Gasteiger partial charge is 0.176 e. The van der Waals surface area contributed by atoms with Crippen molar-refractivity contribution >= 4 is 11.1 Å². The van der Waals surface area contributed by atoms with Gasteiger partial charge in [-0.3, -0.25) is 0 Å². The van der Waals surface area contributed by atoms with Gasteiger partial charge in [0.15, 0.2) is 5.58 Å². The Balaban J connectivity index is 2.79. The van der Waals surface area contributed by atoms with E-state index in [2.05, 4.69) is 9.97 Å². The van der Waals surface area contributed by atoms with E-state index in [4.69, 9.17) is 9.52 Å². The van der Waals surface area contributed by atoms with E-state index in [0.29, 0.717) is 11.3 Å². The van der Waals surface area contributed by atoms with Crippen LogP contribution in [0.4, 0.5) is 0 Å². The maximum atomic E-state index is 8.80. The van der Waals surface area contributed by atoms with E-state index < -0.39 is 0 Å². The van der Waals surface area contributed by atoms with E-state index in [9.17, 15) is 0 Å². The quantitative estimate of drug-likeness (QED) is 0.650. The Bertz CT molecular complexity index is 369. The average molecular weight is 150 g/mol. The van der Waals surface area contributed by atoms with Gasteiger partial charge in [0.25, 0.3) is 0 Å². The highest BCUT2D eigenvalue weighted by Crippen LogP contribution is 2.14. The monoisotopic (exact) mass is 150 g/mol. The lowest BCUT2D eigenvalue weighted by Gasteiger charge is -1.92. The predicted octanol–water partition coefficient (Wildman–Crippen LogP) is 0.715. The molecule has 0 radical (unpaired) electrons. The molecule has 0 bridgehead atoms. The topological polar surface area (TPSA) is 59.2 Å². The van der Waals surface area contributed by atoms with Crippen LogP contribution in [-0.4, -0.2) is 15.1 Å². The zero-order valence-electron chi connectivity index (χ0n) is 5.69. The summed E-state index contributed by atoms with van der Waals surface area (Å²) in [5.74, 6) is 0. The van der Waals surface area contributed by atoms with Gasteiger partial charge in [-0.2, -0.15) is 0 Å². The molecule has 0 atom stereocenters. The van der Waals surface area contributed by atoms with Crippen molar-refractivity contribution in [3.63, 3.8) is 0 Å². The summed E-state index contributed by atoms with van der Waals surface area (Å²) >= 11 is 0. The number of nitrogens with zero attached hydrogens (tertiary/aromatic N) is 2. The number of furan rings is 1. The molecule has 4 nitrogen and oxygen atoms in total. The summed E-state index contributed by atoms with van der Waals surface area (Å²) in [5.41, 5.74) is 1.82. The van der Waals surface area contributed by atoms with Crippen LogP contribution in [0.2, 0.25) is 0 Å². The molecule has 0 saturated carbocycles. The van der Waals surface area contributed by atoms with Gasteiger partial charge in [-0.15, -0.1) is 0 Å². The fourth-order valence-electron chi connectivity index (χ4n) is 0.952. The summed E-state index contributed by atoms with van der Waals surface area (Å²) in [5, 5.41) is 8.80. The van der Waals surface area contributed by atoms with Gasteiger partial charge < -0.3 is 9.52 Å². The van der Waals surface area contributed by atoms with Crippen LogP contribution in [0, 0.1) is 0 Å². The summed E-state index contributed by atoms with van der Waals surface area (Å²) in [4.78, 5) is 7.78. The van der Waals surface area contributed by atoms with Gasteiger partial charge >= 0.3 is 0 Å². The van der Waals surface area contributed by atoms with Crippen molar-refractivity contribution in [3.8, 4) is 0 Å². The summed E-state index contributed by atoms with van der Waals surface area (Å²) in [6.07, 6.45) is 2.93. The van der Waals surface area contributed by atoms with Crippen molar-refractivity contribution in [1.29, 1.82) is 0 Å². The van der Waals surface area contributed by atoms with Crippen molar-refractivity contribution < 1.29 is 9.52 Å². The minimum atomic E-state index is -0.119. The van der Waals surface area contributed by atoms with Gasteiger partial charge in [0.1, 0.15) is 17.5 Å². The second-order valence-corrected chi connectivity index (χ2v) is 2.11. The van der Waals surface area contributed by atoms with Gasteiger partial charge in [-0.05, 0) is 0 Å². The Hall–Kier alpha value is -1.42. The Morgan fingerprint density at radius 1 is 1.45 bits per heavy atom. The predicted molar refractivity (Wildman–Crippen MR) is 37.7 cm³/mol. The van der Waals surface area contributed by atoms with Crippen LogP contribution in [0.1, 0.15) is 5.69 Å². The third-order valence-corrected chi connectivity index (χ3v) is 1.47. The van der Waals surface area contributed by atoms with Gasteiger partial charge in [-0.1, -0.05) is 0 Å². The Labute approximate surface area is 62.5 Å². The maximum Gasteiger partial charge on any atom is 0.176 e. The van der Waals surface area contributed by atoms with Crippen LogP contribution in [0.25, 0.3) is 11.1 Å². The summed E-state index contributed by atoms with van der Waals surface area (Å²) in [6, 6.07) is 1.73. The molecule has 0 aromatic carbocycles. The van der Waals surface area contributed by atoms with Crippen LogP contribution < -0.4 is 0 Å². The summed E-state index contributed by atoms with van der Waals surface area (Å²) in [6.45, 7) is -0.119. The molecule has 2 aromatic heterocycles. The van der Waals surface area contributed by atoms with E-state index in [1.165, 1.54) is 12.6 Å². The second-order valence-electron chi connectivity index (χ2n) is 2.11. The molecule has 2 rings (SSSR count). The largest absolute Gasteiger partial charge is 0.461 e. The molecule has 0 saturated heterocycles. The Morgan fingerprint density at radius 3 is 3.18 bits per heavy atom. The molecule has 2 aromatic rings. The van der Waals surface area contributed by atoms with Crippen LogP contribution in [0.15, 0.2) is 23.1 Å². The second kappa shape index (κ2) is 2.32. The van der Waals surface area contributed by atoms with E-state index in [1.54, 1.807) is 6.07 Å². The molecule has 0 unspecified atom stereocenters. The van der Waals surface area contributed by atoms with Crippen molar-refractivity contribution in [2.75, 3.05) is 0 Å².